The van der Waals surface area contributed by atoms with E-state index in [9.17, 15) is 0 Å². The minimum Gasteiger partial charge on any atom is -0.398 e. The van der Waals surface area contributed by atoms with Crippen molar-refractivity contribution in [3.63, 3.8) is 0 Å². The van der Waals surface area contributed by atoms with Gasteiger partial charge in [-0.3, -0.25) is 4.98 Å². The number of hydrogen-bond acceptors (Lipinski definition) is 3. The van der Waals surface area contributed by atoms with E-state index in [1.807, 2.05) is 70.3 Å². The molecule has 2 heterocycles. The van der Waals surface area contributed by atoms with Crippen LogP contribution in [0.2, 0.25) is 5.02 Å². The van der Waals surface area contributed by atoms with Gasteiger partial charge in [0.2, 0.25) is 0 Å². The van der Waals surface area contributed by atoms with Crippen LogP contribution in [-0.4, -0.2) is 23.3 Å². The van der Waals surface area contributed by atoms with E-state index in [1.54, 1.807) is 0 Å². The molecule has 0 saturated carbocycles. The van der Waals surface area contributed by atoms with E-state index in [0.717, 1.165) is 21.7 Å². The highest BCUT2D eigenvalue weighted by Crippen LogP contribution is 2.36. The highest BCUT2D eigenvalue weighted by Gasteiger charge is 2.52. The van der Waals surface area contributed by atoms with E-state index in [-0.39, 0.29) is 11.2 Å². The van der Waals surface area contributed by atoms with Crippen LogP contribution in [0, 0.1) is 0 Å². The van der Waals surface area contributed by atoms with Crippen LogP contribution in [0.15, 0.2) is 42.6 Å². The van der Waals surface area contributed by atoms with Crippen molar-refractivity contribution >= 4 is 24.3 Å². The molecule has 0 aliphatic carbocycles. The predicted molar refractivity (Wildman–Crippen MR) is 90.4 cm³/mol. The van der Waals surface area contributed by atoms with Gasteiger partial charge < -0.3 is 9.31 Å². The van der Waals surface area contributed by atoms with E-state index in [2.05, 4.69) is 4.98 Å². The van der Waals surface area contributed by atoms with Crippen LogP contribution in [0.25, 0.3) is 11.1 Å². The molecule has 3 nitrogen and oxygen atoms in total. The van der Waals surface area contributed by atoms with Crippen molar-refractivity contribution in [2.75, 3.05) is 0 Å². The molecule has 0 amide bonds. The first-order valence-corrected chi connectivity index (χ1v) is 7.74. The summed E-state index contributed by atoms with van der Waals surface area (Å²) in [7, 11) is -0.427. The molecule has 0 spiro atoms. The zero-order valence-corrected chi connectivity index (χ0v) is 14.0. The quantitative estimate of drug-likeness (QED) is 0.792. The van der Waals surface area contributed by atoms with Gasteiger partial charge in [0, 0.05) is 11.2 Å². The maximum Gasteiger partial charge on any atom is 0.514 e. The van der Waals surface area contributed by atoms with Gasteiger partial charge in [0.1, 0.15) is 0 Å². The summed E-state index contributed by atoms with van der Waals surface area (Å²) in [5, 5.41) is 0.727. The maximum absolute atomic E-state index is 6.01. The summed E-state index contributed by atoms with van der Waals surface area (Å²) < 4.78 is 12.0. The first kappa shape index (κ1) is 15.5. The topological polar surface area (TPSA) is 31.4 Å². The van der Waals surface area contributed by atoms with Crippen LogP contribution in [0.1, 0.15) is 27.7 Å². The first-order valence-electron chi connectivity index (χ1n) is 7.36. The minimum absolute atomic E-state index is 0.353. The Morgan fingerprint density at radius 3 is 1.91 bits per heavy atom. The third kappa shape index (κ3) is 2.79. The summed E-state index contributed by atoms with van der Waals surface area (Å²) in [6.45, 7) is 8.15. The van der Waals surface area contributed by atoms with Crippen molar-refractivity contribution in [3.05, 3.63) is 47.6 Å². The summed E-state index contributed by atoms with van der Waals surface area (Å²) >= 11 is 5.92. The van der Waals surface area contributed by atoms with Gasteiger partial charge >= 0.3 is 7.12 Å². The Morgan fingerprint density at radius 1 is 0.864 bits per heavy atom. The van der Waals surface area contributed by atoms with Crippen molar-refractivity contribution in [2.45, 2.75) is 38.9 Å². The average Bonchev–Trinajstić information content (AvgIpc) is 2.68. The third-order valence-corrected chi connectivity index (χ3v) is 4.71. The number of nitrogens with zero attached hydrogens (tertiary/aromatic N) is 1. The molecule has 0 bridgehead atoms. The normalized spacial score (nSPS) is 19.4. The minimum atomic E-state index is -0.427. The highest BCUT2D eigenvalue weighted by molar-refractivity contribution is 6.61. The lowest BCUT2D eigenvalue weighted by atomic mass is 9.84. The predicted octanol–water partition coefficient (Wildman–Crippen LogP) is 3.70. The summed E-state index contributed by atoms with van der Waals surface area (Å²) in [5.74, 6) is 0. The standard InChI is InChI=1S/C17H19BClNO2/c1-16(2)17(3,4)22-18(21-16)15-10-7-13(11-20-15)12-5-8-14(19)9-6-12/h5-11H,1-4H3. The van der Waals surface area contributed by atoms with Gasteiger partial charge in [0.15, 0.2) is 0 Å². The number of benzene rings is 1. The van der Waals surface area contributed by atoms with E-state index >= 15 is 0 Å². The molecule has 0 radical (unpaired) electrons. The number of aromatic nitrogens is 1. The Hall–Kier alpha value is -1.36. The van der Waals surface area contributed by atoms with Crippen molar-refractivity contribution in [1.82, 2.24) is 4.98 Å². The lowest BCUT2D eigenvalue weighted by Crippen LogP contribution is -2.41. The average molecular weight is 316 g/mol. The molecular weight excluding hydrogens is 296 g/mol. The molecular formula is C17H19BClNO2. The van der Waals surface area contributed by atoms with Crippen molar-refractivity contribution in [3.8, 4) is 11.1 Å². The smallest absolute Gasteiger partial charge is 0.398 e. The fourth-order valence-electron chi connectivity index (χ4n) is 2.32. The van der Waals surface area contributed by atoms with Crippen LogP contribution >= 0.6 is 11.6 Å². The molecule has 114 valence electrons. The SMILES string of the molecule is CC1(C)OB(c2ccc(-c3ccc(Cl)cc3)cn2)OC1(C)C. The van der Waals surface area contributed by atoms with Crippen LogP contribution < -0.4 is 5.59 Å². The molecule has 0 unspecified atom stereocenters. The number of hydrogen-bond donors (Lipinski definition) is 0. The molecule has 0 N–H and O–H groups in total. The first-order chi connectivity index (χ1) is 10.3. The molecule has 0 atom stereocenters. The molecule has 2 aromatic rings. The monoisotopic (exact) mass is 315 g/mol. The lowest BCUT2D eigenvalue weighted by Gasteiger charge is -2.32. The van der Waals surface area contributed by atoms with Gasteiger partial charge in [-0.2, -0.15) is 0 Å². The Labute approximate surface area is 136 Å². The fourth-order valence-corrected chi connectivity index (χ4v) is 2.45. The van der Waals surface area contributed by atoms with Crippen molar-refractivity contribution in [2.24, 2.45) is 0 Å². The Balaban J connectivity index is 1.82. The third-order valence-electron chi connectivity index (χ3n) is 4.46. The highest BCUT2D eigenvalue weighted by atomic mass is 35.5. The van der Waals surface area contributed by atoms with Crippen LogP contribution in [0.3, 0.4) is 0 Å². The molecule has 1 aliphatic rings. The molecule has 1 aromatic heterocycles. The second kappa shape index (κ2) is 5.37. The Morgan fingerprint density at radius 2 is 1.41 bits per heavy atom. The number of rotatable bonds is 2. The molecule has 5 heteroatoms. The van der Waals surface area contributed by atoms with Crippen molar-refractivity contribution < 1.29 is 9.31 Å². The summed E-state index contributed by atoms with van der Waals surface area (Å²) in [6.07, 6.45) is 1.84. The van der Waals surface area contributed by atoms with Gasteiger partial charge in [-0.05, 0) is 57.0 Å². The zero-order chi connectivity index (χ0) is 16.0. The Kier molecular flexibility index (Phi) is 3.80. The van der Waals surface area contributed by atoms with Crippen molar-refractivity contribution in [1.29, 1.82) is 0 Å². The van der Waals surface area contributed by atoms with E-state index < -0.39 is 7.12 Å². The zero-order valence-electron chi connectivity index (χ0n) is 13.3. The van der Waals surface area contributed by atoms with Gasteiger partial charge in [-0.1, -0.05) is 29.8 Å². The molecule has 3 rings (SSSR count). The fraction of sp³-hybridized carbons (Fsp3) is 0.353. The summed E-state index contributed by atoms with van der Waals surface area (Å²) in [6, 6.07) is 11.7. The molecule has 22 heavy (non-hydrogen) atoms. The lowest BCUT2D eigenvalue weighted by molar-refractivity contribution is 0.00578. The number of pyridine rings is 1. The van der Waals surface area contributed by atoms with Gasteiger partial charge in [0.25, 0.3) is 0 Å². The van der Waals surface area contributed by atoms with E-state index in [1.165, 1.54) is 0 Å². The van der Waals surface area contributed by atoms with Crippen LogP contribution in [0.4, 0.5) is 0 Å². The van der Waals surface area contributed by atoms with Crippen LogP contribution in [-0.2, 0) is 9.31 Å². The second-order valence-electron chi connectivity index (χ2n) is 6.57. The maximum atomic E-state index is 6.01. The second-order valence-corrected chi connectivity index (χ2v) is 7.00. The Bertz CT molecular complexity index is 652. The van der Waals surface area contributed by atoms with Gasteiger partial charge in [-0.15, -0.1) is 0 Å². The van der Waals surface area contributed by atoms with Crippen LogP contribution in [0.5, 0.6) is 0 Å². The van der Waals surface area contributed by atoms with Gasteiger partial charge in [-0.25, -0.2) is 0 Å². The number of halogens is 1. The summed E-state index contributed by atoms with van der Waals surface area (Å²) in [4.78, 5) is 4.51. The molecule has 1 fully saturated rings. The van der Waals surface area contributed by atoms with Gasteiger partial charge in [0.05, 0.1) is 16.8 Å². The summed E-state index contributed by atoms with van der Waals surface area (Å²) in [5.41, 5.74) is 2.20. The molecule has 1 aliphatic heterocycles. The molecule has 1 saturated heterocycles. The van der Waals surface area contributed by atoms with E-state index in [0.29, 0.717) is 0 Å². The largest absolute Gasteiger partial charge is 0.514 e. The van der Waals surface area contributed by atoms with E-state index in [4.69, 9.17) is 20.9 Å². The molecule has 1 aromatic carbocycles.